The highest BCUT2D eigenvalue weighted by molar-refractivity contribution is 5.77. The average Bonchev–Trinajstić information content (AvgIpc) is 2.47. The molecule has 0 amide bonds. The van der Waals surface area contributed by atoms with Crippen molar-refractivity contribution < 1.29 is 0 Å². The zero-order valence-electron chi connectivity index (χ0n) is 11.3. The number of hydrogen-bond acceptors (Lipinski definition) is 10. The van der Waals surface area contributed by atoms with E-state index in [1.165, 1.54) is 0 Å². The monoisotopic (exact) mass is 296 g/mol. The molecule has 0 aliphatic heterocycles. The molecule has 22 heavy (non-hydrogen) atoms. The molecule has 10 heteroatoms. The lowest BCUT2D eigenvalue weighted by molar-refractivity contribution is 0.996. The van der Waals surface area contributed by atoms with E-state index in [0.29, 0.717) is 22.5 Å². The molecule has 0 unspecified atom stereocenters. The summed E-state index contributed by atoms with van der Waals surface area (Å²) in [6.07, 6.45) is 0. The zero-order valence-corrected chi connectivity index (χ0v) is 11.3. The van der Waals surface area contributed by atoms with Gasteiger partial charge in [0, 0.05) is 11.1 Å². The van der Waals surface area contributed by atoms with E-state index in [9.17, 15) is 0 Å². The second kappa shape index (κ2) is 5.09. The molecule has 0 saturated heterocycles. The standard InChI is InChI=1S/C12H12N10/c13-9-7(19-21-11(15)17-9)5-2-1-3-6(4-5)8-10(14)18-12(16)22-20-8/h1-4H,(H4,13,15,17,21)(H4,14,16,18,22). The van der Waals surface area contributed by atoms with Crippen LogP contribution in [0.4, 0.5) is 23.5 Å². The average molecular weight is 296 g/mol. The summed E-state index contributed by atoms with van der Waals surface area (Å²) in [6.45, 7) is 0. The topological polar surface area (TPSA) is 181 Å². The van der Waals surface area contributed by atoms with E-state index in [0.717, 1.165) is 0 Å². The molecule has 3 aromatic rings. The minimum atomic E-state index is 0.00949. The molecule has 0 aliphatic carbocycles. The Morgan fingerprint density at radius 1 is 0.636 bits per heavy atom. The van der Waals surface area contributed by atoms with Crippen LogP contribution in [0.25, 0.3) is 22.5 Å². The number of rotatable bonds is 2. The Morgan fingerprint density at radius 2 is 1.09 bits per heavy atom. The summed E-state index contributed by atoms with van der Waals surface area (Å²) >= 11 is 0. The molecule has 0 saturated carbocycles. The highest BCUT2D eigenvalue weighted by atomic mass is 15.2. The SMILES string of the molecule is Nc1nnc(-c2cccc(-c3nnc(N)nc3N)c2)c(N)n1. The third-order valence-electron chi connectivity index (χ3n) is 2.87. The third kappa shape index (κ3) is 2.40. The Hall–Kier alpha value is -3.56. The van der Waals surface area contributed by atoms with Crippen molar-refractivity contribution in [1.82, 2.24) is 30.4 Å². The molecule has 1 aromatic carbocycles. The summed E-state index contributed by atoms with van der Waals surface area (Å²) in [6, 6.07) is 7.17. The molecule has 10 nitrogen and oxygen atoms in total. The van der Waals surface area contributed by atoms with E-state index in [-0.39, 0.29) is 23.5 Å². The summed E-state index contributed by atoms with van der Waals surface area (Å²) in [4.78, 5) is 7.76. The Morgan fingerprint density at radius 3 is 1.50 bits per heavy atom. The molecule has 2 aromatic heterocycles. The quantitative estimate of drug-likeness (QED) is 0.490. The summed E-state index contributed by atoms with van der Waals surface area (Å²) in [5.74, 6) is 0.378. The van der Waals surface area contributed by atoms with Crippen LogP contribution in [0.3, 0.4) is 0 Å². The van der Waals surface area contributed by atoms with Crippen molar-refractivity contribution in [3.63, 3.8) is 0 Å². The summed E-state index contributed by atoms with van der Waals surface area (Å²) in [7, 11) is 0. The minimum absolute atomic E-state index is 0.00949. The first-order valence-corrected chi connectivity index (χ1v) is 6.16. The van der Waals surface area contributed by atoms with Gasteiger partial charge in [0.15, 0.2) is 11.6 Å². The lowest BCUT2D eigenvalue weighted by Gasteiger charge is -2.07. The zero-order chi connectivity index (χ0) is 15.7. The fraction of sp³-hybridized carbons (Fsp3) is 0. The maximum Gasteiger partial charge on any atom is 0.242 e. The maximum atomic E-state index is 5.82. The number of nitrogens with zero attached hydrogens (tertiary/aromatic N) is 6. The number of nitrogens with two attached hydrogens (primary N) is 4. The number of anilines is 4. The molecule has 0 fully saturated rings. The smallest absolute Gasteiger partial charge is 0.242 e. The van der Waals surface area contributed by atoms with Gasteiger partial charge in [0.05, 0.1) is 0 Å². The first-order valence-electron chi connectivity index (χ1n) is 6.16. The van der Waals surface area contributed by atoms with Gasteiger partial charge < -0.3 is 22.9 Å². The largest absolute Gasteiger partial charge is 0.382 e. The van der Waals surface area contributed by atoms with Crippen molar-refractivity contribution in [2.45, 2.75) is 0 Å². The van der Waals surface area contributed by atoms with Crippen molar-refractivity contribution in [3.8, 4) is 22.5 Å². The van der Waals surface area contributed by atoms with Crippen LogP contribution >= 0.6 is 0 Å². The van der Waals surface area contributed by atoms with E-state index in [1.807, 2.05) is 0 Å². The number of nitrogen functional groups attached to an aromatic ring is 4. The van der Waals surface area contributed by atoms with E-state index >= 15 is 0 Å². The Bertz CT molecular complexity index is 780. The van der Waals surface area contributed by atoms with E-state index in [1.54, 1.807) is 24.3 Å². The van der Waals surface area contributed by atoms with Crippen LogP contribution in [-0.4, -0.2) is 30.4 Å². The van der Waals surface area contributed by atoms with Crippen LogP contribution in [0, 0.1) is 0 Å². The molecule has 0 spiro atoms. The van der Waals surface area contributed by atoms with Crippen LogP contribution in [0.5, 0.6) is 0 Å². The Labute approximate surface area is 124 Å². The Balaban J connectivity index is 2.10. The second-order valence-corrected chi connectivity index (χ2v) is 4.39. The van der Waals surface area contributed by atoms with Gasteiger partial charge in [0.25, 0.3) is 0 Å². The van der Waals surface area contributed by atoms with Crippen molar-refractivity contribution in [1.29, 1.82) is 0 Å². The Kier molecular flexibility index (Phi) is 3.10. The molecular formula is C12H12N10. The van der Waals surface area contributed by atoms with E-state index < -0.39 is 0 Å². The fourth-order valence-corrected chi connectivity index (χ4v) is 1.93. The molecule has 0 bridgehead atoms. The van der Waals surface area contributed by atoms with Gasteiger partial charge in [-0.05, 0) is 6.07 Å². The van der Waals surface area contributed by atoms with Gasteiger partial charge in [-0.1, -0.05) is 18.2 Å². The summed E-state index contributed by atoms with van der Waals surface area (Å²) in [5.41, 5.74) is 24.7. The number of benzene rings is 1. The van der Waals surface area contributed by atoms with E-state index in [4.69, 9.17) is 22.9 Å². The molecule has 0 radical (unpaired) electrons. The van der Waals surface area contributed by atoms with Crippen LogP contribution < -0.4 is 22.9 Å². The second-order valence-electron chi connectivity index (χ2n) is 4.39. The van der Waals surface area contributed by atoms with Crippen molar-refractivity contribution in [2.75, 3.05) is 22.9 Å². The molecule has 110 valence electrons. The van der Waals surface area contributed by atoms with Gasteiger partial charge in [-0.3, -0.25) is 0 Å². The molecule has 8 N–H and O–H groups in total. The highest BCUT2D eigenvalue weighted by Crippen LogP contribution is 2.28. The van der Waals surface area contributed by atoms with Gasteiger partial charge >= 0.3 is 0 Å². The summed E-state index contributed by atoms with van der Waals surface area (Å²) < 4.78 is 0. The highest BCUT2D eigenvalue weighted by Gasteiger charge is 2.12. The van der Waals surface area contributed by atoms with Gasteiger partial charge in [0.2, 0.25) is 11.9 Å². The number of hydrogen-bond donors (Lipinski definition) is 4. The van der Waals surface area contributed by atoms with E-state index in [2.05, 4.69) is 30.4 Å². The first kappa shape index (κ1) is 13.4. The van der Waals surface area contributed by atoms with Crippen LogP contribution in [0.2, 0.25) is 0 Å². The molecular weight excluding hydrogens is 284 g/mol. The predicted octanol–water partition coefficient (Wildman–Crippen LogP) is -0.281. The predicted molar refractivity (Wildman–Crippen MR) is 81.7 cm³/mol. The van der Waals surface area contributed by atoms with Crippen molar-refractivity contribution >= 4 is 23.5 Å². The van der Waals surface area contributed by atoms with Crippen LogP contribution in [-0.2, 0) is 0 Å². The first-order chi connectivity index (χ1) is 10.5. The van der Waals surface area contributed by atoms with Crippen LogP contribution in [0.1, 0.15) is 0 Å². The maximum absolute atomic E-state index is 5.82. The van der Waals surface area contributed by atoms with Gasteiger partial charge in [-0.15, -0.1) is 20.4 Å². The molecule has 3 rings (SSSR count). The normalized spacial score (nSPS) is 10.5. The van der Waals surface area contributed by atoms with Gasteiger partial charge in [-0.25, -0.2) is 0 Å². The molecule has 0 atom stereocenters. The van der Waals surface area contributed by atoms with Crippen molar-refractivity contribution in [3.05, 3.63) is 24.3 Å². The lowest BCUT2D eigenvalue weighted by atomic mass is 10.1. The number of aromatic nitrogens is 6. The lowest BCUT2D eigenvalue weighted by Crippen LogP contribution is -2.05. The van der Waals surface area contributed by atoms with Gasteiger partial charge in [0.1, 0.15) is 11.4 Å². The molecule has 2 heterocycles. The fourth-order valence-electron chi connectivity index (χ4n) is 1.93. The van der Waals surface area contributed by atoms with Crippen LogP contribution in [0.15, 0.2) is 24.3 Å². The van der Waals surface area contributed by atoms with Crippen molar-refractivity contribution in [2.24, 2.45) is 0 Å². The summed E-state index contributed by atoms with van der Waals surface area (Å²) in [5, 5.41) is 15.3. The molecule has 0 aliphatic rings. The van der Waals surface area contributed by atoms with Gasteiger partial charge in [-0.2, -0.15) is 9.97 Å². The minimum Gasteiger partial charge on any atom is -0.382 e. The third-order valence-corrected chi connectivity index (χ3v) is 2.87.